The molecule has 5 heteroatoms. The number of halogens is 1. The van der Waals surface area contributed by atoms with Crippen LogP contribution in [0.3, 0.4) is 0 Å². The molecule has 9 aromatic carbocycles. The highest BCUT2D eigenvalue weighted by atomic mass is 127. The fourth-order valence-electron chi connectivity index (χ4n) is 9.73. The molecule has 2 aromatic heterocycles. The number of amidine groups is 1. The van der Waals surface area contributed by atoms with Gasteiger partial charge in [-0.25, -0.2) is 9.98 Å². The van der Waals surface area contributed by atoms with Gasteiger partial charge in [-0.1, -0.05) is 163 Å². The smallest absolute Gasteiger partial charge is 0.163 e. The van der Waals surface area contributed by atoms with Crippen molar-refractivity contribution in [1.82, 2.24) is 4.57 Å². The lowest BCUT2D eigenvalue weighted by Crippen LogP contribution is -2.14. The molecule has 0 saturated heterocycles. The Labute approximate surface area is 398 Å². The van der Waals surface area contributed by atoms with E-state index in [0.717, 1.165) is 52.2 Å². The molecule has 0 amide bonds. The van der Waals surface area contributed by atoms with Crippen molar-refractivity contribution in [3.05, 3.63) is 233 Å². The minimum Gasteiger partial charge on any atom is -0.308 e. The number of hydrogen-bond acceptors (Lipinski definition) is 3. The molecule has 0 aliphatic carbocycles. The van der Waals surface area contributed by atoms with Crippen LogP contribution in [0, 0.1) is 27.7 Å². The number of rotatable bonds is 7. The Morgan fingerprint density at radius 3 is 1.61 bits per heavy atom. The van der Waals surface area contributed by atoms with Gasteiger partial charge in [0, 0.05) is 47.6 Å². The van der Waals surface area contributed by atoms with E-state index in [-0.39, 0.29) is 0 Å². The first-order valence-electron chi connectivity index (χ1n) is 22.4. The zero-order valence-corrected chi connectivity index (χ0v) is 40.1. The molecule has 0 atom stereocenters. The van der Waals surface area contributed by atoms with Gasteiger partial charge in [-0.2, -0.15) is 0 Å². The average Bonchev–Trinajstić information content (AvgIpc) is 3.89. The number of thiophene rings is 1. The summed E-state index contributed by atoms with van der Waals surface area (Å²) in [6.07, 6.45) is 0. The molecule has 1 aliphatic heterocycles. The molecular weight excluding hydrogens is 934 g/mol. The summed E-state index contributed by atoms with van der Waals surface area (Å²) in [5, 5.41) is 4.98. The normalized spacial score (nSPS) is 12.9. The first-order chi connectivity index (χ1) is 32.3. The van der Waals surface area contributed by atoms with E-state index in [1.54, 1.807) is 0 Å². The maximum Gasteiger partial charge on any atom is 0.163 e. The number of fused-ring (bicyclic) bond motifs is 6. The molecule has 0 radical (unpaired) electrons. The third-order valence-corrected chi connectivity index (χ3v) is 16.9. The molecule has 3 heterocycles. The highest BCUT2D eigenvalue weighted by Crippen LogP contribution is 2.42. The summed E-state index contributed by atoms with van der Waals surface area (Å²) >= 11 is 1.16. The summed E-state index contributed by atoms with van der Waals surface area (Å²) in [6, 6.07) is 71.6. The number of aryl methyl sites for hydroxylation is 4. The number of aliphatic imine (C=N–C) groups is 2. The maximum absolute atomic E-state index is 5.60. The van der Waals surface area contributed by atoms with Crippen molar-refractivity contribution in [2.45, 2.75) is 27.7 Å². The molecule has 11 aromatic rings. The standard InChI is InChI=1S/C61H44IN3S/c1-37-19-25-47(39(3)31-37)45-21-27-49-50-28-22-46(48-26-20-38(2)32-40(48)4)36-56(50)65(55(49)35-45)54-29-23-43(44-24-30-58-52(33-44)51-17-11-12-18-57(51)66-58)34-53(54)61-63-59(41-13-7-5-8-14-41)62-60(64-61)42-15-9-6-10-16-42/h5-36H,1-4H3. The van der Waals surface area contributed by atoms with Gasteiger partial charge in [0.2, 0.25) is 0 Å². The molecule has 0 saturated carbocycles. The van der Waals surface area contributed by atoms with Gasteiger partial charge in [-0.05, 0) is 135 Å². The predicted octanol–water partition coefficient (Wildman–Crippen LogP) is 16.7. The van der Waals surface area contributed by atoms with Crippen LogP contribution in [0.1, 0.15) is 38.9 Å². The molecular formula is C61H44IN3S. The minimum atomic E-state index is -0.691. The van der Waals surface area contributed by atoms with E-state index in [0.29, 0.717) is 0 Å². The summed E-state index contributed by atoms with van der Waals surface area (Å²) in [5.74, 6) is 0.726. The lowest BCUT2D eigenvalue weighted by Gasteiger charge is -2.19. The van der Waals surface area contributed by atoms with Crippen molar-refractivity contribution in [1.29, 1.82) is 0 Å². The summed E-state index contributed by atoms with van der Waals surface area (Å²) < 4.78 is 7.31. The Bertz CT molecular complexity index is 3700. The summed E-state index contributed by atoms with van der Waals surface area (Å²) in [4.78, 5) is 11.2. The number of nitrogens with zero attached hydrogens (tertiary/aromatic N) is 3. The van der Waals surface area contributed by atoms with Gasteiger partial charge >= 0.3 is 0 Å². The van der Waals surface area contributed by atoms with Gasteiger partial charge in [-0.3, -0.25) is 0 Å². The second kappa shape index (κ2) is 16.4. The van der Waals surface area contributed by atoms with Gasteiger partial charge in [0.05, 0.1) is 16.7 Å². The van der Waals surface area contributed by atoms with Crippen LogP contribution in [0.2, 0.25) is 0 Å². The molecule has 12 rings (SSSR count). The Hall–Kier alpha value is -7.06. The minimum absolute atomic E-state index is 0.691. The molecule has 0 fully saturated rings. The quantitative estimate of drug-likeness (QED) is 0.142. The zero-order valence-electron chi connectivity index (χ0n) is 37.1. The molecule has 0 bridgehead atoms. The average molecular weight is 978 g/mol. The fraction of sp³-hybridized carbons (Fsp3) is 0.0656. The summed E-state index contributed by atoms with van der Waals surface area (Å²) in [7, 11) is 0. The first kappa shape index (κ1) is 40.4. The van der Waals surface area contributed by atoms with E-state index >= 15 is 0 Å². The van der Waals surface area contributed by atoms with E-state index in [9.17, 15) is 0 Å². The summed E-state index contributed by atoms with van der Waals surface area (Å²) in [5.41, 5.74) is 18.8. The Kier molecular flexibility index (Phi) is 10.1. The van der Waals surface area contributed by atoms with Gasteiger partial charge in [0.1, 0.15) is 7.35 Å². The van der Waals surface area contributed by atoms with Crippen LogP contribution in [0.15, 0.2) is 204 Å². The Morgan fingerprint density at radius 1 is 0.394 bits per heavy atom. The summed E-state index contributed by atoms with van der Waals surface area (Å²) in [6.45, 7) is 8.77. The zero-order chi connectivity index (χ0) is 44.5. The van der Waals surface area contributed by atoms with E-state index in [1.165, 1.54) is 81.0 Å². The highest BCUT2D eigenvalue weighted by Gasteiger charge is 2.23. The van der Waals surface area contributed by atoms with E-state index < -0.39 is 20.7 Å². The van der Waals surface area contributed by atoms with Crippen LogP contribution < -0.4 is 0 Å². The van der Waals surface area contributed by atoms with Crippen LogP contribution in [-0.2, 0) is 0 Å². The second-order valence-electron chi connectivity index (χ2n) is 17.4. The van der Waals surface area contributed by atoms with Gasteiger partial charge in [0.25, 0.3) is 0 Å². The first-order valence-corrected chi connectivity index (χ1v) is 25.4. The monoisotopic (exact) mass is 977 g/mol. The second-order valence-corrected chi connectivity index (χ2v) is 21.1. The SMILES string of the molecule is Cc1ccc(-c2ccc3c4ccc(-c5ccc(C)cc5C)cc4n(-c4ccc(-c5ccc6sc7ccccc7c6c5)cc4C4=NC(c5ccccc5)=IC(c5ccccc5)=N4)c3c2)c(C)c1. The number of aromatic nitrogens is 1. The van der Waals surface area contributed by atoms with Crippen molar-refractivity contribution >= 4 is 87.2 Å². The lowest BCUT2D eigenvalue weighted by molar-refractivity contribution is 1.17. The van der Waals surface area contributed by atoms with Gasteiger partial charge in [-0.15, -0.1) is 11.3 Å². The van der Waals surface area contributed by atoms with Crippen molar-refractivity contribution in [3.8, 4) is 39.1 Å². The topological polar surface area (TPSA) is 29.6 Å². The van der Waals surface area contributed by atoms with E-state index in [4.69, 9.17) is 9.98 Å². The van der Waals surface area contributed by atoms with Gasteiger partial charge < -0.3 is 4.57 Å². The third kappa shape index (κ3) is 7.14. The van der Waals surface area contributed by atoms with E-state index in [1.807, 2.05) is 11.3 Å². The number of hydrogen-bond donors (Lipinski definition) is 0. The molecule has 66 heavy (non-hydrogen) atoms. The maximum atomic E-state index is 5.60. The lowest BCUT2D eigenvalue weighted by atomic mass is 9.96. The van der Waals surface area contributed by atoms with Crippen LogP contribution in [-0.4, -0.2) is 17.8 Å². The van der Waals surface area contributed by atoms with Gasteiger partial charge in [0.15, 0.2) is 5.84 Å². The number of benzene rings is 9. The van der Waals surface area contributed by atoms with Crippen molar-refractivity contribution < 1.29 is 0 Å². The molecule has 3 nitrogen and oxygen atoms in total. The molecule has 316 valence electrons. The molecule has 0 N–H and O–H groups in total. The largest absolute Gasteiger partial charge is 0.308 e. The molecule has 1 aliphatic rings. The van der Waals surface area contributed by atoms with Crippen molar-refractivity contribution in [3.63, 3.8) is 0 Å². The van der Waals surface area contributed by atoms with Crippen molar-refractivity contribution in [2.75, 3.05) is 0 Å². The Morgan fingerprint density at radius 2 is 0.955 bits per heavy atom. The molecule has 0 unspecified atom stereocenters. The molecule has 0 spiro atoms. The van der Waals surface area contributed by atoms with E-state index in [2.05, 4.69) is 226 Å². The van der Waals surface area contributed by atoms with Crippen LogP contribution in [0.4, 0.5) is 0 Å². The highest BCUT2D eigenvalue weighted by molar-refractivity contribution is 14.2. The third-order valence-electron chi connectivity index (χ3n) is 13.0. The van der Waals surface area contributed by atoms with Crippen LogP contribution in [0.5, 0.6) is 0 Å². The Balaban J connectivity index is 1.16. The van der Waals surface area contributed by atoms with Crippen LogP contribution in [0.25, 0.3) is 81.0 Å². The predicted molar refractivity (Wildman–Crippen MR) is 293 cm³/mol. The van der Waals surface area contributed by atoms with Crippen molar-refractivity contribution in [2.24, 2.45) is 9.98 Å². The fourth-order valence-corrected chi connectivity index (χ4v) is 13.3. The van der Waals surface area contributed by atoms with Crippen LogP contribution >= 0.6 is 32.1 Å².